The van der Waals surface area contributed by atoms with Crippen LogP contribution in [0.1, 0.15) is 18.4 Å². The van der Waals surface area contributed by atoms with Crippen LogP contribution in [0.25, 0.3) is 0 Å². The lowest BCUT2D eigenvalue weighted by Gasteiger charge is -2.15. The minimum Gasteiger partial charge on any atom is -0.352 e. The third-order valence-corrected chi connectivity index (χ3v) is 3.54. The van der Waals surface area contributed by atoms with Gasteiger partial charge in [-0.1, -0.05) is 28.1 Å². The minimum atomic E-state index is 0. The number of benzene rings is 1. The fraction of sp³-hybridized carbons (Fsp3) is 0.462. The van der Waals surface area contributed by atoms with Gasteiger partial charge in [-0.2, -0.15) is 0 Å². The summed E-state index contributed by atoms with van der Waals surface area (Å²) in [6.45, 7) is 0.537. The van der Waals surface area contributed by atoms with Gasteiger partial charge < -0.3 is 11.1 Å². The van der Waals surface area contributed by atoms with Gasteiger partial charge in [0.2, 0.25) is 5.91 Å². The van der Waals surface area contributed by atoms with Gasteiger partial charge >= 0.3 is 0 Å². The molecule has 1 aliphatic carbocycles. The molecule has 2 rings (SSSR count). The van der Waals surface area contributed by atoms with Crippen LogP contribution in [-0.2, 0) is 11.2 Å². The average Bonchev–Trinajstić information content (AvgIpc) is 3.09. The summed E-state index contributed by atoms with van der Waals surface area (Å²) in [5.74, 6) is 0.664. The number of rotatable bonds is 5. The van der Waals surface area contributed by atoms with Crippen molar-refractivity contribution in [1.82, 2.24) is 5.32 Å². The molecule has 3 nitrogen and oxygen atoms in total. The van der Waals surface area contributed by atoms with Gasteiger partial charge in [-0.15, -0.1) is 12.4 Å². The summed E-state index contributed by atoms with van der Waals surface area (Å²) in [4.78, 5) is 11.8. The molecule has 18 heavy (non-hydrogen) atoms. The first-order valence-corrected chi connectivity index (χ1v) is 6.72. The highest BCUT2D eigenvalue weighted by molar-refractivity contribution is 9.10. The number of hydrogen-bond donors (Lipinski definition) is 2. The predicted octanol–water partition coefficient (Wildman–Crippen LogP) is 2.27. The highest BCUT2D eigenvalue weighted by atomic mass is 79.9. The lowest BCUT2D eigenvalue weighted by atomic mass is 10.1. The largest absolute Gasteiger partial charge is 0.352 e. The maximum absolute atomic E-state index is 11.8. The van der Waals surface area contributed by atoms with Crippen molar-refractivity contribution in [2.45, 2.75) is 25.3 Å². The fourth-order valence-electron chi connectivity index (χ4n) is 1.96. The summed E-state index contributed by atoms with van der Waals surface area (Å²) in [6.07, 6.45) is 2.81. The van der Waals surface area contributed by atoms with E-state index in [9.17, 15) is 4.79 Å². The van der Waals surface area contributed by atoms with Crippen LogP contribution in [0.15, 0.2) is 28.7 Å². The zero-order chi connectivity index (χ0) is 12.3. The van der Waals surface area contributed by atoms with Gasteiger partial charge in [0, 0.05) is 17.1 Å². The second-order valence-corrected chi connectivity index (χ2v) is 5.47. The molecular formula is C13H18BrClN2O. The standard InChI is InChI=1S/C13H17BrN2O.ClH/c14-11-3-1-2-9(6-11)7-13(17)16-12(8-15)10-4-5-10;/h1-3,6,10,12H,4-5,7-8,15H2,(H,16,17);1H. The summed E-state index contributed by atoms with van der Waals surface area (Å²) < 4.78 is 1.00. The molecule has 1 aliphatic rings. The topological polar surface area (TPSA) is 55.1 Å². The molecule has 0 aliphatic heterocycles. The summed E-state index contributed by atoms with van der Waals surface area (Å²) in [6, 6.07) is 7.98. The molecule has 0 radical (unpaired) electrons. The van der Waals surface area contributed by atoms with E-state index in [0.717, 1.165) is 10.0 Å². The first kappa shape index (κ1) is 15.5. The fourth-order valence-corrected chi connectivity index (χ4v) is 2.40. The Morgan fingerprint density at radius 1 is 1.50 bits per heavy atom. The first-order valence-electron chi connectivity index (χ1n) is 5.93. The Hall–Kier alpha value is -0.580. The third kappa shape index (κ3) is 4.59. The van der Waals surface area contributed by atoms with Gasteiger partial charge in [0.25, 0.3) is 0 Å². The van der Waals surface area contributed by atoms with Crippen LogP contribution < -0.4 is 11.1 Å². The van der Waals surface area contributed by atoms with E-state index < -0.39 is 0 Å². The summed E-state index contributed by atoms with van der Waals surface area (Å²) in [5, 5.41) is 3.02. The number of carbonyl (C=O) groups is 1. The zero-order valence-corrected chi connectivity index (χ0v) is 12.5. The summed E-state index contributed by atoms with van der Waals surface area (Å²) in [5.41, 5.74) is 6.67. The van der Waals surface area contributed by atoms with Crippen LogP contribution >= 0.6 is 28.3 Å². The van der Waals surface area contributed by atoms with Crippen molar-refractivity contribution in [1.29, 1.82) is 0 Å². The lowest BCUT2D eigenvalue weighted by Crippen LogP contribution is -2.42. The smallest absolute Gasteiger partial charge is 0.224 e. The van der Waals surface area contributed by atoms with E-state index in [1.54, 1.807) is 0 Å². The zero-order valence-electron chi connectivity index (χ0n) is 10.1. The number of hydrogen-bond acceptors (Lipinski definition) is 2. The number of halogens is 2. The van der Waals surface area contributed by atoms with Crippen LogP contribution in [0.5, 0.6) is 0 Å². The Labute approximate surface area is 122 Å². The van der Waals surface area contributed by atoms with Crippen molar-refractivity contribution in [3.8, 4) is 0 Å². The highest BCUT2D eigenvalue weighted by Gasteiger charge is 2.31. The molecule has 1 aromatic rings. The third-order valence-electron chi connectivity index (χ3n) is 3.05. The van der Waals surface area contributed by atoms with Crippen LogP contribution in [-0.4, -0.2) is 18.5 Å². The molecule has 100 valence electrons. The maximum Gasteiger partial charge on any atom is 0.224 e. The van der Waals surface area contributed by atoms with E-state index >= 15 is 0 Å². The van der Waals surface area contributed by atoms with Crippen LogP contribution in [0, 0.1) is 5.92 Å². The molecule has 3 N–H and O–H groups in total. The predicted molar refractivity (Wildman–Crippen MR) is 78.8 cm³/mol. The van der Waals surface area contributed by atoms with Gasteiger partial charge in [-0.3, -0.25) is 4.79 Å². The number of carbonyl (C=O) groups excluding carboxylic acids is 1. The second kappa shape index (κ2) is 7.12. The normalized spacial score (nSPS) is 15.7. The molecule has 1 saturated carbocycles. The molecule has 0 heterocycles. The Kier molecular flexibility index (Phi) is 6.12. The van der Waals surface area contributed by atoms with E-state index in [2.05, 4.69) is 21.2 Å². The molecule has 1 atom stereocenters. The van der Waals surface area contributed by atoms with Crippen molar-refractivity contribution in [2.24, 2.45) is 11.7 Å². The molecule has 0 bridgehead atoms. The van der Waals surface area contributed by atoms with Crippen molar-refractivity contribution in [3.63, 3.8) is 0 Å². The minimum absolute atomic E-state index is 0. The molecule has 0 saturated heterocycles. The van der Waals surface area contributed by atoms with Crippen molar-refractivity contribution >= 4 is 34.2 Å². The van der Waals surface area contributed by atoms with Gasteiger partial charge in [-0.25, -0.2) is 0 Å². The molecule has 5 heteroatoms. The molecule has 1 aromatic carbocycles. The summed E-state index contributed by atoms with van der Waals surface area (Å²) in [7, 11) is 0. The van der Waals surface area contributed by atoms with Crippen molar-refractivity contribution < 1.29 is 4.79 Å². The van der Waals surface area contributed by atoms with Gasteiger partial charge in [0.1, 0.15) is 0 Å². The van der Waals surface area contributed by atoms with Gasteiger partial charge in [0.05, 0.1) is 6.42 Å². The summed E-state index contributed by atoms with van der Waals surface area (Å²) >= 11 is 3.40. The molecule has 1 fully saturated rings. The second-order valence-electron chi connectivity index (χ2n) is 4.55. The highest BCUT2D eigenvalue weighted by Crippen LogP contribution is 2.32. The van der Waals surface area contributed by atoms with E-state index in [4.69, 9.17) is 5.73 Å². The Balaban J connectivity index is 0.00000162. The quantitative estimate of drug-likeness (QED) is 0.868. The lowest BCUT2D eigenvalue weighted by molar-refractivity contribution is -0.121. The van der Waals surface area contributed by atoms with Crippen LogP contribution in [0.4, 0.5) is 0 Å². The SMILES string of the molecule is Cl.NCC(NC(=O)Cc1cccc(Br)c1)C1CC1. The molecular weight excluding hydrogens is 316 g/mol. The Morgan fingerprint density at radius 3 is 2.78 bits per heavy atom. The van der Waals surface area contributed by atoms with Crippen molar-refractivity contribution in [2.75, 3.05) is 6.54 Å². The van der Waals surface area contributed by atoms with E-state index in [-0.39, 0.29) is 24.4 Å². The van der Waals surface area contributed by atoms with E-state index in [0.29, 0.717) is 18.9 Å². The van der Waals surface area contributed by atoms with E-state index in [1.165, 1.54) is 12.8 Å². The molecule has 1 unspecified atom stereocenters. The van der Waals surface area contributed by atoms with Gasteiger partial charge in [0.15, 0.2) is 0 Å². The molecule has 0 aromatic heterocycles. The Morgan fingerprint density at radius 2 is 2.22 bits per heavy atom. The van der Waals surface area contributed by atoms with Gasteiger partial charge in [-0.05, 0) is 36.5 Å². The Bertz CT molecular complexity index is 410. The maximum atomic E-state index is 11.8. The van der Waals surface area contributed by atoms with E-state index in [1.807, 2.05) is 24.3 Å². The monoisotopic (exact) mass is 332 g/mol. The molecule has 0 spiro atoms. The number of amides is 1. The molecule has 1 amide bonds. The first-order chi connectivity index (χ1) is 8.19. The van der Waals surface area contributed by atoms with Crippen molar-refractivity contribution in [3.05, 3.63) is 34.3 Å². The number of nitrogens with one attached hydrogen (secondary N) is 1. The number of nitrogens with two attached hydrogens (primary N) is 1. The average molecular weight is 334 g/mol. The van der Waals surface area contributed by atoms with Crippen LogP contribution in [0.3, 0.4) is 0 Å². The van der Waals surface area contributed by atoms with Crippen LogP contribution in [0.2, 0.25) is 0 Å².